The third-order valence-electron chi connectivity index (χ3n) is 3.57. The highest BCUT2D eigenvalue weighted by Gasteiger charge is 2.17. The number of rotatable bonds is 6. The van der Waals surface area contributed by atoms with Crippen molar-refractivity contribution in [2.24, 2.45) is 5.73 Å². The normalized spacial score (nSPS) is 16.9. The average molecular weight is 277 g/mol. The second-order valence-electron chi connectivity index (χ2n) is 5.28. The molecule has 3 N–H and O–H groups in total. The first kappa shape index (κ1) is 14.7. The Kier molecular flexibility index (Phi) is 5.24. The van der Waals surface area contributed by atoms with Crippen LogP contribution in [0.4, 0.5) is 5.69 Å². The molecule has 0 spiro atoms. The molecule has 1 aliphatic heterocycles. The lowest BCUT2D eigenvalue weighted by Crippen LogP contribution is -2.36. The van der Waals surface area contributed by atoms with E-state index in [1.807, 2.05) is 24.3 Å². The number of amides is 1. The summed E-state index contributed by atoms with van der Waals surface area (Å²) in [4.78, 5) is 13.1. The number of nitrogens with two attached hydrogens (primary N) is 1. The van der Waals surface area contributed by atoms with Crippen molar-refractivity contribution in [3.8, 4) is 5.75 Å². The molecular formula is C15H23N3O2. The Hall–Kier alpha value is -1.75. The highest BCUT2D eigenvalue weighted by Crippen LogP contribution is 2.26. The van der Waals surface area contributed by atoms with E-state index in [-0.39, 0.29) is 12.3 Å². The van der Waals surface area contributed by atoms with Crippen LogP contribution < -0.4 is 15.8 Å². The average Bonchev–Trinajstić information content (AvgIpc) is 2.43. The quantitative estimate of drug-likeness (QED) is 0.826. The largest absolute Gasteiger partial charge is 0.491 e. The number of nitrogens with zero attached hydrogens (tertiary/aromatic N) is 1. The fourth-order valence-corrected chi connectivity index (χ4v) is 2.35. The summed E-state index contributed by atoms with van der Waals surface area (Å²) in [5.74, 6) is 0.443. The Morgan fingerprint density at radius 1 is 1.40 bits per heavy atom. The summed E-state index contributed by atoms with van der Waals surface area (Å²) >= 11 is 0. The van der Waals surface area contributed by atoms with E-state index >= 15 is 0 Å². The van der Waals surface area contributed by atoms with Crippen molar-refractivity contribution in [2.75, 3.05) is 32.1 Å². The number of carbonyl (C=O) groups is 1. The summed E-state index contributed by atoms with van der Waals surface area (Å²) in [6.07, 6.45) is 2.50. The fourth-order valence-electron chi connectivity index (χ4n) is 2.35. The number of likely N-dealkylation sites (tertiary alicyclic amines) is 1. The summed E-state index contributed by atoms with van der Waals surface area (Å²) in [6, 6.07) is 8.32. The summed E-state index contributed by atoms with van der Waals surface area (Å²) in [6.45, 7) is 2.55. The summed E-state index contributed by atoms with van der Waals surface area (Å²) in [5, 5.41) is 3.54. The van der Waals surface area contributed by atoms with E-state index < -0.39 is 0 Å². The van der Waals surface area contributed by atoms with Crippen LogP contribution in [-0.4, -0.2) is 43.6 Å². The summed E-state index contributed by atoms with van der Waals surface area (Å²) in [5.41, 5.74) is 6.11. The first-order valence-electron chi connectivity index (χ1n) is 7.10. The predicted octanol–water partition coefficient (Wildman–Crippen LogP) is 1.45. The van der Waals surface area contributed by atoms with Crippen molar-refractivity contribution >= 4 is 11.6 Å². The fraction of sp³-hybridized carbons (Fsp3) is 0.533. The van der Waals surface area contributed by atoms with Crippen molar-refractivity contribution in [1.29, 1.82) is 0 Å². The van der Waals surface area contributed by atoms with Crippen molar-refractivity contribution in [3.05, 3.63) is 24.3 Å². The number of hydrogen-bond donors (Lipinski definition) is 2. The van der Waals surface area contributed by atoms with Gasteiger partial charge in [0.15, 0.2) is 0 Å². The Morgan fingerprint density at radius 2 is 2.10 bits per heavy atom. The van der Waals surface area contributed by atoms with Crippen LogP contribution in [-0.2, 0) is 4.79 Å². The van der Waals surface area contributed by atoms with Crippen molar-refractivity contribution in [3.63, 3.8) is 0 Å². The molecule has 1 aliphatic rings. The van der Waals surface area contributed by atoms with Crippen LogP contribution in [0.5, 0.6) is 5.75 Å². The van der Waals surface area contributed by atoms with Gasteiger partial charge in [-0.3, -0.25) is 4.79 Å². The zero-order valence-electron chi connectivity index (χ0n) is 12.0. The van der Waals surface area contributed by atoms with Gasteiger partial charge >= 0.3 is 0 Å². The molecule has 2 rings (SSSR count). The molecule has 5 heteroatoms. The first-order chi connectivity index (χ1) is 9.65. The number of benzene rings is 1. The maximum absolute atomic E-state index is 10.7. The van der Waals surface area contributed by atoms with Gasteiger partial charge in [0.25, 0.3) is 0 Å². The third kappa shape index (κ3) is 4.42. The van der Waals surface area contributed by atoms with Gasteiger partial charge < -0.3 is 20.7 Å². The number of primary amides is 1. The zero-order valence-corrected chi connectivity index (χ0v) is 12.0. The minimum absolute atomic E-state index is 0.239. The van der Waals surface area contributed by atoms with Crippen LogP contribution in [0.2, 0.25) is 0 Å². The molecule has 0 aromatic heterocycles. The number of nitrogens with one attached hydrogen (secondary N) is 1. The van der Waals surface area contributed by atoms with Crippen molar-refractivity contribution in [1.82, 2.24) is 4.90 Å². The second-order valence-corrected chi connectivity index (χ2v) is 5.28. The Balaban J connectivity index is 1.91. The van der Waals surface area contributed by atoms with Crippen LogP contribution in [0.25, 0.3) is 0 Å². The molecule has 1 fully saturated rings. The molecular weight excluding hydrogens is 254 g/mol. The minimum atomic E-state index is -0.342. The lowest BCUT2D eigenvalue weighted by Gasteiger charge is -2.30. The molecule has 1 heterocycles. The minimum Gasteiger partial charge on any atom is -0.491 e. The molecule has 0 aliphatic carbocycles. The van der Waals surface area contributed by atoms with Crippen LogP contribution in [0.15, 0.2) is 24.3 Å². The SMILES string of the molecule is CN1CCC(Nc2ccccc2OCCC(N)=O)CC1. The molecule has 20 heavy (non-hydrogen) atoms. The molecule has 1 amide bonds. The molecule has 1 aromatic rings. The van der Waals surface area contributed by atoms with Gasteiger partial charge in [-0.25, -0.2) is 0 Å². The highest BCUT2D eigenvalue weighted by atomic mass is 16.5. The molecule has 5 nitrogen and oxygen atoms in total. The third-order valence-corrected chi connectivity index (χ3v) is 3.57. The van der Waals surface area contributed by atoms with Crippen LogP contribution in [0.1, 0.15) is 19.3 Å². The molecule has 110 valence electrons. The van der Waals surface area contributed by atoms with Crippen LogP contribution in [0, 0.1) is 0 Å². The lowest BCUT2D eigenvalue weighted by atomic mass is 10.1. The Bertz CT molecular complexity index is 442. The monoisotopic (exact) mass is 277 g/mol. The molecule has 0 radical (unpaired) electrons. The van der Waals surface area contributed by atoms with Crippen molar-refractivity contribution < 1.29 is 9.53 Å². The second kappa shape index (κ2) is 7.14. The number of piperidine rings is 1. The lowest BCUT2D eigenvalue weighted by molar-refractivity contribution is -0.118. The number of hydrogen-bond acceptors (Lipinski definition) is 4. The van der Waals surface area contributed by atoms with Crippen LogP contribution in [0.3, 0.4) is 0 Å². The Labute approximate surface area is 120 Å². The van der Waals surface area contributed by atoms with E-state index in [0.29, 0.717) is 12.6 Å². The van der Waals surface area contributed by atoms with Gasteiger partial charge in [0.05, 0.1) is 18.7 Å². The maximum atomic E-state index is 10.7. The van der Waals surface area contributed by atoms with E-state index in [4.69, 9.17) is 10.5 Å². The Morgan fingerprint density at radius 3 is 2.80 bits per heavy atom. The zero-order chi connectivity index (χ0) is 14.4. The molecule has 0 unspecified atom stereocenters. The molecule has 1 aromatic carbocycles. The summed E-state index contributed by atoms with van der Waals surface area (Å²) in [7, 11) is 2.15. The van der Waals surface area contributed by atoms with E-state index in [9.17, 15) is 4.79 Å². The number of anilines is 1. The predicted molar refractivity (Wildman–Crippen MR) is 79.9 cm³/mol. The van der Waals surface area contributed by atoms with Gasteiger partial charge in [-0.1, -0.05) is 12.1 Å². The number of para-hydroxylation sites is 2. The van der Waals surface area contributed by atoms with Gasteiger partial charge in [-0.2, -0.15) is 0 Å². The van der Waals surface area contributed by atoms with Crippen molar-refractivity contribution in [2.45, 2.75) is 25.3 Å². The smallest absolute Gasteiger partial charge is 0.220 e. The van der Waals surface area contributed by atoms with Gasteiger partial charge in [0.2, 0.25) is 5.91 Å². The van der Waals surface area contributed by atoms with E-state index in [1.54, 1.807) is 0 Å². The topological polar surface area (TPSA) is 67.6 Å². The highest BCUT2D eigenvalue weighted by molar-refractivity contribution is 5.73. The van der Waals surface area contributed by atoms with E-state index in [2.05, 4.69) is 17.3 Å². The van der Waals surface area contributed by atoms with Gasteiger partial charge in [-0.05, 0) is 45.1 Å². The van der Waals surface area contributed by atoms with Crippen LogP contribution >= 0.6 is 0 Å². The molecule has 0 atom stereocenters. The maximum Gasteiger partial charge on any atom is 0.220 e. The van der Waals surface area contributed by atoms with Gasteiger partial charge in [0, 0.05) is 6.04 Å². The molecule has 0 bridgehead atoms. The molecule has 1 saturated heterocycles. The summed E-state index contributed by atoms with van der Waals surface area (Å²) < 4.78 is 5.64. The van der Waals surface area contributed by atoms with E-state index in [0.717, 1.165) is 37.4 Å². The first-order valence-corrected chi connectivity index (χ1v) is 7.10. The number of carbonyl (C=O) groups excluding carboxylic acids is 1. The van der Waals surface area contributed by atoms with E-state index in [1.165, 1.54) is 0 Å². The van der Waals surface area contributed by atoms with Gasteiger partial charge in [0.1, 0.15) is 5.75 Å². The molecule has 0 saturated carbocycles. The standard InChI is InChI=1S/C15H23N3O2/c1-18-9-6-12(7-10-18)17-13-4-2-3-5-14(13)20-11-8-15(16)19/h2-5,12,17H,6-11H2,1H3,(H2,16,19). The number of ether oxygens (including phenoxy) is 1. The van der Waals surface area contributed by atoms with Gasteiger partial charge in [-0.15, -0.1) is 0 Å².